The molecule has 1 amide bonds. The molecule has 0 unspecified atom stereocenters. The zero-order chi connectivity index (χ0) is 22.3. The molecule has 2 fully saturated rings. The second-order valence-corrected chi connectivity index (χ2v) is 8.83. The van der Waals surface area contributed by atoms with Crippen LogP contribution in [0.15, 0.2) is 66.7 Å². The van der Waals surface area contributed by atoms with Crippen molar-refractivity contribution in [3.63, 3.8) is 0 Å². The van der Waals surface area contributed by atoms with E-state index in [0.29, 0.717) is 5.75 Å². The van der Waals surface area contributed by atoms with Crippen LogP contribution in [0.25, 0.3) is 11.1 Å². The quantitative estimate of drug-likeness (QED) is 0.626. The monoisotopic (exact) mass is 442 g/mol. The molecule has 1 N–H and O–H groups in total. The molecule has 2 heterocycles. The number of ether oxygens (including phenoxy) is 3. The Morgan fingerprint density at radius 3 is 2.42 bits per heavy atom. The molecule has 6 rings (SSSR count). The van der Waals surface area contributed by atoms with Crippen molar-refractivity contribution in [3.8, 4) is 22.6 Å². The van der Waals surface area contributed by atoms with Gasteiger partial charge in [-0.15, -0.1) is 0 Å². The summed E-state index contributed by atoms with van der Waals surface area (Å²) in [6, 6.07) is 22.5. The first-order chi connectivity index (χ1) is 16.2. The molecule has 0 aromatic heterocycles. The lowest BCUT2D eigenvalue weighted by Gasteiger charge is -2.28. The summed E-state index contributed by atoms with van der Waals surface area (Å²) in [7, 11) is 0. The number of nitrogens with zero attached hydrogens (tertiary/aromatic N) is 1. The fraction of sp³-hybridized carbons (Fsp3) is 0.296. The number of carbonyl (C=O) groups excluding carboxylic acids is 1. The van der Waals surface area contributed by atoms with Crippen LogP contribution >= 0.6 is 0 Å². The Hall–Kier alpha value is -3.51. The third-order valence-electron chi connectivity index (χ3n) is 6.81. The van der Waals surface area contributed by atoms with Crippen molar-refractivity contribution in [1.29, 1.82) is 0 Å². The lowest BCUT2D eigenvalue weighted by atomic mass is 9.94. The Balaban J connectivity index is 1.18. The Kier molecular flexibility index (Phi) is 4.95. The highest BCUT2D eigenvalue weighted by molar-refractivity contribution is 6.01. The first-order valence-corrected chi connectivity index (χ1v) is 11.5. The Labute approximate surface area is 193 Å². The smallest absolute Gasteiger partial charge is 0.235 e. The van der Waals surface area contributed by atoms with Gasteiger partial charge in [0.1, 0.15) is 0 Å². The molecule has 0 bridgehead atoms. The number of anilines is 2. The van der Waals surface area contributed by atoms with Crippen LogP contribution in [0.4, 0.5) is 11.4 Å². The fourth-order valence-electron chi connectivity index (χ4n) is 4.68. The molecule has 1 aliphatic carbocycles. The molecule has 1 saturated carbocycles. The van der Waals surface area contributed by atoms with Gasteiger partial charge in [-0.1, -0.05) is 30.3 Å². The van der Waals surface area contributed by atoms with Crippen LogP contribution in [0.3, 0.4) is 0 Å². The maximum absolute atomic E-state index is 13.3. The van der Waals surface area contributed by atoms with E-state index in [1.165, 1.54) is 5.69 Å². The summed E-state index contributed by atoms with van der Waals surface area (Å²) in [6.45, 7) is 3.63. The fourth-order valence-corrected chi connectivity index (χ4v) is 4.68. The largest absolute Gasteiger partial charge is 0.454 e. The van der Waals surface area contributed by atoms with E-state index in [2.05, 4.69) is 40.5 Å². The van der Waals surface area contributed by atoms with Gasteiger partial charge in [0.05, 0.1) is 18.6 Å². The maximum atomic E-state index is 13.3. The van der Waals surface area contributed by atoms with Crippen molar-refractivity contribution in [2.45, 2.75) is 18.3 Å². The first-order valence-electron chi connectivity index (χ1n) is 11.5. The standard InChI is InChI=1S/C27H26N2O4/c30-26(27(10-11-27)21-6-9-24-25(17-21)33-18-32-24)28-22-3-1-2-20(16-22)19-4-7-23(8-5-19)29-12-14-31-15-13-29/h1-9,16-17H,10-15,18H2,(H,28,30). The minimum atomic E-state index is -0.489. The van der Waals surface area contributed by atoms with Crippen molar-refractivity contribution in [2.24, 2.45) is 0 Å². The van der Waals surface area contributed by atoms with E-state index in [9.17, 15) is 4.79 Å². The topological polar surface area (TPSA) is 60.0 Å². The van der Waals surface area contributed by atoms with Crippen molar-refractivity contribution < 1.29 is 19.0 Å². The van der Waals surface area contributed by atoms with Gasteiger partial charge < -0.3 is 24.4 Å². The van der Waals surface area contributed by atoms with Gasteiger partial charge in [-0.2, -0.15) is 0 Å². The van der Waals surface area contributed by atoms with Crippen LogP contribution in [0.5, 0.6) is 11.5 Å². The number of fused-ring (bicyclic) bond motifs is 1. The van der Waals surface area contributed by atoms with Gasteiger partial charge >= 0.3 is 0 Å². The first kappa shape index (κ1) is 20.1. The summed E-state index contributed by atoms with van der Waals surface area (Å²) in [6.07, 6.45) is 1.67. The van der Waals surface area contributed by atoms with Crippen LogP contribution in [0.2, 0.25) is 0 Å². The molecule has 3 aromatic rings. The van der Waals surface area contributed by atoms with Gasteiger partial charge in [-0.05, 0) is 65.9 Å². The molecule has 33 heavy (non-hydrogen) atoms. The second kappa shape index (κ2) is 8.12. The summed E-state index contributed by atoms with van der Waals surface area (Å²) in [4.78, 5) is 15.6. The van der Waals surface area contributed by atoms with E-state index < -0.39 is 5.41 Å². The van der Waals surface area contributed by atoms with Crippen LogP contribution in [-0.4, -0.2) is 39.0 Å². The third kappa shape index (κ3) is 3.80. The van der Waals surface area contributed by atoms with E-state index in [-0.39, 0.29) is 12.7 Å². The number of hydrogen-bond acceptors (Lipinski definition) is 5. The number of nitrogens with one attached hydrogen (secondary N) is 1. The third-order valence-corrected chi connectivity index (χ3v) is 6.81. The van der Waals surface area contributed by atoms with Crippen molar-refractivity contribution in [1.82, 2.24) is 0 Å². The minimum Gasteiger partial charge on any atom is -0.454 e. The number of benzene rings is 3. The second-order valence-electron chi connectivity index (χ2n) is 8.83. The van der Waals surface area contributed by atoms with E-state index in [4.69, 9.17) is 14.2 Å². The molecule has 0 spiro atoms. The summed E-state index contributed by atoms with van der Waals surface area (Å²) in [5.74, 6) is 1.48. The summed E-state index contributed by atoms with van der Waals surface area (Å²) >= 11 is 0. The molecule has 0 radical (unpaired) electrons. The van der Waals surface area contributed by atoms with Crippen molar-refractivity contribution >= 4 is 17.3 Å². The molecule has 3 aromatic carbocycles. The molecule has 6 heteroatoms. The highest BCUT2D eigenvalue weighted by Gasteiger charge is 2.51. The molecule has 0 atom stereocenters. The summed E-state index contributed by atoms with van der Waals surface area (Å²) in [5.41, 5.74) is 4.72. The van der Waals surface area contributed by atoms with Crippen molar-refractivity contribution in [3.05, 3.63) is 72.3 Å². The number of rotatable bonds is 5. The normalized spacial score (nSPS) is 18.1. The van der Waals surface area contributed by atoms with Gasteiger partial charge in [0.25, 0.3) is 0 Å². The van der Waals surface area contributed by atoms with E-state index >= 15 is 0 Å². The number of hydrogen-bond donors (Lipinski definition) is 1. The van der Waals surface area contributed by atoms with Crippen LogP contribution in [-0.2, 0) is 14.9 Å². The van der Waals surface area contributed by atoms with Crippen molar-refractivity contribution in [2.75, 3.05) is 43.3 Å². The molecular formula is C27H26N2O4. The minimum absolute atomic E-state index is 0.0289. The number of carbonyl (C=O) groups is 1. The van der Waals surface area contributed by atoms with Gasteiger partial charge in [0.2, 0.25) is 12.7 Å². The predicted molar refractivity (Wildman–Crippen MR) is 127 cm³/mol. The molecule has 3 aliphatic rings. The zero-order valence-corrected chi connectivity index (χ0v) is 18.4. The molecule has 2 aliphatic heterocycles. The van der Waals surface area contributed by atoms with Crippen LogP contribution in [0, 0.1) is 0 Å². The number of morpholine rings is 1. The number of amides is 1. The molecule has 168 valence electrons. The maximum Gasteiger partial charge on any atom is 0.235 e. The predicted octanol–water partition coefficient (Wildman–Crippen LogP) is 4.59. The Morgan fingerprint density at radius 2 is 1.64 bits per heavy atom. The van der Waals surface area contributed by atoms with Crippen LogP contribution in [0.1, 0.15) is 18.4 Å². The van der Waals surface area contributed by atoms with Gasteiger partial charge in [-0.25, -0.2) is 0 Å². The van der Waals surface area contributed by atoms with E-state index in [0.717, 1.165) is 67.3 Å². The van der Waals surface area contributed by atoms with E-state index in [1.807, 2.05) is 36.4 Å². The van der Waals surface area contributed by atoms with Crippen LogP contribution < -0.4 is 19.7 Å². The summed E-state index contributed by atoms with van der Waals surface area (Å²) < 4.78 is 16.4. The van der Waals surface area contributed by atoms with Gasteiger partial charge in [0.15, 0.2) is 11.5 Å². The highest BCUT2D eigenvalue weighted by atomic mass is 16.7. The molecule has 1 saturated heterocycles. The lowest BCUT2D eigenvalue weighted by molar-refractivity contribution is -0.118. The highest BCUT2D eigenvalue weighted by Crippen LogP contribution is 2.51. The Morgan fingerprint density at radius 1 is 0.848 bits per heavy atom. The lowest BCUT2D eigenvalue weighted by Crippen LogP contribution is -2.36. The molecular weight excluding hydrogens is 416 g/mol. The average Bonchev–Trinajstić information content (AvgIpc) is 3.56. The van der Waals surface area contributed by atoms with Gasteiger partial charge in [0, 0.05) is 24.5 Å². The zero-order valence-electron chi connectivity index (χ0n) is 18.4. The van der Waals surface area contributed by atoms with Gasteiger partial charge in [-0.3, -0.25) is 4.79 Å². The molecule has 6 nitrogen and oxygen atoms in total. The SMILES string of the molecule is O=C(Nc1cccc(-c2ccc(N3CCOCC3)cc2)c1)C1(c2ccc3c(c2)OCO3)CC1. The van der Waals surface area contributed by atoms with E-state index in [1.54, 1.807) is 0 Å². The average molecular weight is 443 g/mol. The summed E-state index contributed by atoms with van der Waals surface area (Å²) in [5, 5.41) is 3.15. The Bertz CT molecular complexity index is 1180.